The predicted molar refractivity (Wildman–Crippen MR) is 60.9 cm³/mol. The van der Waals surface area contributed by atoms with Crippen molar-refractivity contribution in [2.45, 2.75) is 6.92 Å². The van der Waals surface area contributed by atoms with Crippen LogP contribution in [0.3, 0.4) is 0 Å². The largest absolute Gasteiger partial charge is 0.496 e. The van der Waals surface area contributed by atoms with Gasteiger partial charge >= 0.3 is 0 Å². The van der Waals surface area contributed by atoms with Crippen LogP contribution in [0, 0.1) is 6.92 Å². The topological polar surface area (TPSA) is 35.3 Å². The molecule has 0 bridgehead atoms. The highest BCUT2D eigenvalue weighted by molar-refractivity contribution is 9.10. The fraction of sp³-hybridized carbons (Fsp3) is 0.182. The molecule has 0 amide bonds. The number of oxazole rings is 1. The standard InChI is InChI=1S/C11H10BrNO2/c1-7-5-8(3-4-9(7)14-2)10-6-13-11(12)15-10/h3-6H,1-2H3. The first-order chi connectivity index (χ1) is 7.20. The molecule has 0 saturated heterocycles. The Balaban J connectivity index is 2.42. The number of ether oxygens (including phenoxy) is 1. The summed E-state index contributed by atoms with van der Waals surface area (Å²) in [6.07, 6.45) is 1.69. The summed E-state index contributed by atoms with van der Waals surface area (Å²) >= 11 is 3.17. The number of methoxy groups -OCH3 is 1. The summed E-state index contributed by atoms with van der Waals surface area (Å²) in [4.78, 5) is 4.48. The van der Waals surface area contributed by atoms with Gasteiger partial charge in [-0.2, -0.15) is 0 Å². The van der Waals surface area contributed by atoms with Crippen LogP contribution in [-0.4, -0.2) is 12.1 Å². The Labute approximate surface area is 96.2 Å². The lowest BCUT2D eigenvalue weighted by atomic mass is 10.1. The maximum atomic E-state index is 5.36. The number of aromatic nitrogens is 1. The number of hydrogen-bond donors (Lipinski definition) is 0. The van der Waals surface area contributed by atoms with Gasteiger partial charge in [0.2, 0.25) is 0 Å². The van der Waals surface area contributed by atoms with Gasteiger partial charge < -0.3 is 9.15 Å². The zero-order chi connectivity index (χ0) is 10.8. The van der Waals surface area contributed by atoms with Gasteiger partial charge in [-0.1, -0.05) is 0 Å². The van der Waals surface area contributed by atoms with Crippen molar-refractivity contribution in [2.75, 3.05) is 7.11 Å². The Morgan fingerprint density at radius 2 is 2.20 bits per heavy atom. The average Bonchev–Trinajstić information content (AvgIpc) is 2.65. The first-order valence-electron chi connectivity index (χ1n) is 4.47. The van der Waals surface area contributed by atoms with Crippen molar-refractivity contribution >= 4 is 15.9 Å². The molecule has 0 radical (unpaired) electrons. The van der Waals surface area contributed by atoms with Crippen LogP contribution >= 0.6 is 15.9 Å². The van der Waals surface area contributed by atoms with E-state index < -0.39 is 0 Å². The van der Waals surface area contributed by atoms with Gasteiger partial charge in [-0.3, -0.25) is 0 Å². The van der Waals surface area contributed by atoms with Gasteiger partial charge in [0.25, 0.3) is 4.80 Å². The molecule has 0 aliphatic rings. The van der Waals surface area contributed by atoms with E-state index in [-0.39, 0.29) is 0 Å². The molecule has 1 aromatic carbocycles. The number of aryl methyl sites for hydroxylation is 1. The van der Waals surface area contributed by atoms with Crippen molar-refractivity contribution in [1.82, 2.24) is 4.98 Å². The third-order valence-corrected chi connectivity index (χ3v) is 2.52. The minimum absolute atomic E-state index is 0.492. The smallest absolute Gasteiger partial charge is 0.264 e. The second kappa shape index (κ2) is 4.06. The molecule has 2 aromatic rings. The highest BCUT2D eigenvalue weighted by Crippen LogP contribution is 2.27. The number of nitrogens with zero attached hydrogens (tertiary/aromatic N) is 1. The molecular weight excluding hydrogens is 258 g/mol. The zero-order valence-corrected chi connectivity index (χ0v) is 10.0. The normalized spacial score (nSPS) is 10.3. The Hall–Kier alpha value is -1.29. The summed E-state index contributed by atoms with van der Waals surface area (Å²) in [6, 6.07) is 5.87. The third-order valence-electron chi connectivity index (χ3n) is 2.16. The van der Waals surface area contributed by atoms with E-state index in [4.69, 9.17) is 9.15 Å². The number of benzene rings is 1. The fourth-order valence-electron chi connectivity index (χ4n) is 1.42. The van der Waals surface area contributed by atoms with Gasteiger partial charge in [-0.05, 0) is 30.7 Å². The molecule has 4 heteroatoms. The van der Waals surface area contributed by atoms with E-state index in [0.29, 0.717) is 4.80 Å². The van der Waals surface area contributed by atoms with E-state index >= 15 is 0 Å². The van der Waals surface area contributed by atoms with E-state index in [2.05, 4.69) is 20.9 Å². The summed E-state index contributed by atoms with van der Waals surface area (Å²) < 4.78 is 10.5. The van der Waals surface area contributed by atoms with E-state index in [1.807, 2.05) is 25.1 Å². The lowest BCUT2D eigenvalue weighted by molar-refractivity contribution is 0.411. The monoisotopic (exact) mass is 267 g/mol. The molecule has 0 aliphatic carbocycles. The van der Waals surface area contributed by atoms with Gasteiger partial charge in [-0.25, -0.2) is 4.98 Å². The summed E-state index contributed by atoms with van der Waals surface area (Å²) in [5.41, 5.74) is 2.06. The van der Waals surface area contributed by atoms with Crippen molar-refractivity contribution < 1.29 is 9.15 Å². The molecule has 15 heavy (non-hydrogen) atoms. The number of hydrogen-bond acceptors (Lipinski definition) is 3. The van der Waals surface area contributed by atoms with Crippen LogP contribution in [-0.2, 0) is 0 Å². The maximum Gasteiger partial charge on any atom is 0.264 e. The molecule has 1 aromatic heterocycles. The van der Waals surface area contributed by atoms with E-state index in [9.17, 15) is 0 Å². The predicted octanol–water partition coefficient (Wildman–Crippen LogP) is 3.42. The first-order valence-corrected chi connectivity index (χ1v) is 5.26. The van der Waals surface area contributed by atoms with Crippen molar-refractivity contribution in [3.05, 3.63) is 34.8 Å². The second-order valence-corrected chi connectivity index (χ2v) is 3.84. The Bertz CT molecular complexity index is 479. The number of halogens is 1. The molecule has 3 nitrogen and oxygen atoms in total. The van der Waals surface area contributed by atoms with Gasteiger partial charge in [-0.15, -0.1) is 0 Å². The van der Waals surface area contributed by atoms with Gasteiger partial charge in [0.1, 0.15) is 5.75 Å². The summed E-state index contributed by atoms with van der Waals surface area (Å²) in [6.45, 7) is 1.99. The lowest BCUT2D eigenvalue weighted by Crippen LogP contribution is -1.86. The van der Waals surface area contributed by atoms with E-state index in [0.717, 1.165) is 22.6 Å². The molecule has 0 atom stereocenters. The Morgan fingerprint density at radius 3 is 2.73 bits per heavy atom. The molecule has 0 N–H and O–H groups in total. The average molecular weight is 268 g/mol. The van der Waals surface area contributed by atoms with Crippen LogP contribution in [0.1, 0.15) is 5.56 Å². The molecule has 0 saturated carbocycles. The van der Waals surface area contributed by atoms with Crippen molar-refractivity contribution in [3.63, 3.8) is 0 Å². The summed E-state index contributed by atoms with van der Waals surface area (Å²) in [5.74, 6) is 1.62. The molecular formula is C11H10BrNO2. The maximum absolute atomic E-state index is 5.36. The van der Waals surface area contributed by atoms with Crippen molar-refractivity contribution in [1.29, 1.82) is 0 Å². The van der Waals surface area contributed by atoms with Crippen LogP contribution in [0.2, 0.25) is 0 Å². The van der Waals surface area contributed by atoms with Crippen LogP contribution < -0.4 is 4.74 Å². The molecule has 0 aliphatic heterocycles. The van der Waals surface area contributed by atoms with Crippen LogP contribution in [0.15, 0.2) is 33.6 Å². The molecule has 78 valence electrons. The van der Waals surface area contributed by atoms with Crippen molar-refractivity contribution in [3.8, 4) is 17.1 Å². The van der Waals surface area contributed by atoms with Crippen molar-refractivity contribution in [2.24, 2.45) is 0 Å². The first kappa shape index (κ1) is 10.2. The number of rotatable bonds is 2. The lowest BCUT2D eigenvalue weighted by Gasteiger charge is -2.05. The highest BCUT2D eigenvalue weighted by atomic mass is 79.9. The van der Waals surface area contributed by atoms with Gasteiger partial charge in [0.05, 0.1) is 13.3 Å². The minimum atomic E-state index is 0.492. The fourth-order valence-corrected chi connectivity index (χ4v) is 1.69. The zero-order valence-electron chi connectivity index (χ0n) is 8.45. The van der Waals surface area contributed by atoms with Gasteiger partial charge in [0, 0.05) is 21.5 Å². The second-order valence-electron chi connectivity index (χ2n) is 3.16. The minimum Gasteiger partial charge on any atom is -0.496 e. The van der Waals surface area contributed by atoms with Crippen LogP contribution in [0.4, 0.5) is 0 Å². The molecule has 2 rings (SSSR count). The third kappa shape index (κ3) is 2.04. The molecule has 0 spiro atoms. The van der Waals surface area contributed by atoms with E-state index in [1.54, 1.807) is 13.3 Å². The van der Waals surface area contributed by atoms with Crippen LogP contribution in [0.25, 0.3) is 11.3 Å². The van der Waals surface area contributed by atoms with E-state index in [1.165, 1.54) is 0 Å². The SMILES string of the molecule is COc1ccc(-c2cnc(Br)o2)cc1C. The summed E-state index contributed by atoms with van der Waals surface area (Å²) in [7, 11) is 1.66. The highest BCUT2D eigenvalue weighted by Gasteiger charge is 2.06. The molecule has 1 heterocycles. The Morgan fingerprint density at radius 1 is 1.40 bits per heavy atom. The quantitative estimate of drug-likeness (QED) is 0.837. The Kier molecular flexibility index (Phi) is 2.77. The van der Waals surface area contributed by atoms with Gasteiger partial charge in [0.15, 0.2) is 5.76 Å². The molecule has 0 unspecified atom stereocenters. The summed E-state index contributed by atoms with van der Waals surface area (Å²) in [5, 5.41) is 0. The van der Waals surface area contributed by atoms with Crippen LogP contribution in [0.5, 0.6) is 5.75 Å². The molecule has 0 fully saturated rings.